The number of rotatable bonds is 3. The molecule has 29 heavy (non-hydrogen) atoms. The van der Waals surface area contributed by atoms with Crippen LogP contribution in [0.3, 0.4) is 0 Å². The van der Waals surface area contributed by atoms with Crippen LogP contribution >= 0.6 is 0 Å². The van der Waals surface area contributed by atoms with Gasteiger partial charge in [0, 0.05) is 12.5 Å². The average molecular weight is 399 g/mol. The third-order valence-corrected chi connectivity index (χ3v) is 5.48. The summed E-state index contributed by atoms with van der Waals surface area (Å²) < 4.78 is 0. The zero-order valence-corrected chi connectivity index (χ0v) is 15.9. The van der Waals surface area contributed by atoms with Gasteiger partial charge in [0.15, 0.2) is 0 Å². The fraction of sp³-hybridized carbons (Fsp3) is 0.421. The lowest BCUT2D eigenvalue weighted by Crippen LogP contribution is -2.64. The van der Waals surface area contributed by atoms with Crippen LogP contribution in [0.2, 0.25) is 0 Å². The van der Waals surface area contributed by atoms with Crippen LogP contribution in [0, 0.1) is 0 Å². The maximum absolute atomic E-state index is 13.0. The second-order valence-electron chi connectivity index (χ2n) is 7.60. The van der Waals surface area contributed by atoms with Crippen LogP contribution in [0.15, 0.2) is 24.3 Å². The maximum Gasteiger partial charge on any atom is 0.327 e. The normalized spacial score (nSPS) is 22.7. The van der Waals surface area contributed by atoms with Crippen LogP contribution in [0.4, 0.5) is 5.69 Å². The first-order valence-electron chi connectivity index (χ1n) is 9.45. The number of nitrogens with zero attached hydrogens (tertiary/aromatic N) is 2. The Morgan fingerprint density at radius 2 is 1.83 bits per heavy atom. The first kappa shape index (κ1) is 18.9. The summed E-state index contributed by atoms with van der Waals surface area (Å²) in [5, 5.41) is 2.51. The monoisotopic (exact) mass is 399 g/mol. The zero-order valence-electron chi connectivity index (χ0n) is 15.9. The Bertz CT molecular complexity index is 927. The molecule has 10 heteroatoms. The van der Waals surface area contributed by atoms with Gasteiger partial charge in [-0.15, -0.1) is 0 Å². The van der Waals surface area contributed by atoms with E-state index in [0.29, 0.717) is 17.7 Å². The molecule has 0 bridgehead atoms. The summed E-state index contributed by atoms with van der Waals surface area (Å²) in [6, 6.07) is 6.78. The third-order valence-electron chi connectivity index (χ3n) is 5.48. The summed E-state index contributed by atoms with van der Waals surface area (Å²) in [5.74, 6) is -2.98. The molecule has 1 saturated carbocycles. The minimum Gasteiger partial charge on any atom is -0.345 e. The van der Waals surface area contributed by atoms with Gasteiger partial charge in [0.05, 0.1) is 11.3 Å². The smallest absolute Gasteiger partial charge is 0.327 e. The van der Waals surface area contributed by atoms with Crippen molar-refractivity contribution in [3.8, 4) is 0 Å². The van der Waals surface area contributed by atoms with Gasteiger partial charge in [0.25, 0.3) is 11.8 Å². The van der Waals surface area contributed by atoms with Gasteiger partial charge in [0.2, 0.25) is 5.91 Å². The second kappa shape index (κ2) is 6.87. The molecule has 5 amide bonds. The number of para-hydroxylation sites is 1. The third kappa shape index (κ3) is 3.30. The highest BCUT2D eigenvalue weighted by Crippen LogP contribution is 2.43. The molecule has 2 heterocycles. The standard InChI is InChI=1S/C19H21N5O5/c1-19-9-8-15(26)24(19)13-5-3-2-4-12(13)18(29)23(19)10-14(25)21-22-17(28)16(27)20-11-6-7-11/h2-5,11H,6-10H2,1H3,(H,20,27)(H,21,25)(H,22,28). The number of hydrazine groups is 1. The predicted molar refractivity (Wildman–Crippen MR) is 100 cm³/mol. The van der Waals surface area contributed by atoms with E-state index < -0.39 is 23.4 Å². The molecule has 1 aliphatic carbocycles. The molecule has 0 radical (unpaired) electrons. The Morgan fingerprint density at radius 1 is 1.10 bits per heavy atom. The molecule has 2 fully saturated rings. The summed E-state index contributed by atoms with van der Waals surface area (Å²) in [6.07, 6.45) is 2.30. The minimum atomic E-state index is -0.982. The number of carbonyl (C=O) groups excluding carboxylic acids is 5. The van der Waals surface area contributed by atoms with Crippen LogP contribution in [0.25, 0.3) is 0 Å². The number of nitrogens with one attached hydrogen (secondary N) is 3. The van der Waals surface area contributed by atoms with Crippen molar-refractivity contribution in [2.24, 2.45) is 0 Å². The summed E-state index contributed by atoms with van der Waals surface area (Å²) in [4.78, 5) is 64.2. The summed E-state index contributed by atoms with van der Waals surface area (Å²) in [5.41, 5.74) is 4.10. The largest absolute Gasteiger partial charge is 0.345 e. The molecule has 1 aromatic carbocycles. The lowest BCUT2D eigenvalue weighted by Gasteiger charge is -2.48. The molecule has 3 N–H and O–H groups in total. The average Bonchev–Trinajstić information content (AvgIpc) is 3.46. The molecule has 0 aromatic heterocycles. The van der Waals surface area contributed by atoms with Crippen LogP contribution in [0.1, 0.15) is 43.0 Å². The summed E-state index contributed by atoms with van der Waals surface area (Å²) >= 11 is 0. The van der Waals surface area contributed by atoms with Gasteiger partial charge < -0.3 is 10.2 Å². The molecule has 10 nitrogen and oxygen atoms in total. The number of fused-ring (bicyclic) bond motifs is 3. The molecule has 152 valence electrons. The molecule has 4 rings (SSSR count). The van der Waals surface area contributed by atoms with Gasteiger partial charge in [-0.3, -0.25) is 39.7 Å². The molecule has 3 aliphatic rings. The number of hydrogen-bond acceptors (Lipinski definition) is 5. The number of carbonyl (C=O) groups is 5. The molecule has 1 atom stereocenters. The summed E-state index contributed by atoms with van der Waals surface area (Å²) in [6.45, 7) is 1.36. The molecule has 2 aliphatic heterocycles. The first-order chi connectivity index (χ1) is 13.8. The Kier molecular flexibility index (Phi) is 4.48. The fourth-order valence-corrected chi connectivity index (χ4v) is 3.79. The van der Waals surface area contributed by atoms with E-state index in [1.54, 1.807) is 36.1 Å². The van der Waals surface area contributed by atoms with Gasteiger partial charge in [-0.2, -0.15) is 0 Å². The van der Waals surface area contributed by atoms with Crippen molar-refractivity contribution in [3.63, 3.8) is 0 Å². The molecular weight excluding hydrogens is 378 g/mol. The van der Waals surface area contributed by atoms with E-state index >= 15 is 0 Å². The fourth-order valence-electron chi connectivity index (χ4n) is 3.79. The van der Waals surface area contributed by atoms with Crippen molar-refractivity contribution in [2.45, 2.75) is 44.3 Å². The SMILES string of the molecule is CC12CCC(=O)N1c1ccccc1C(=O)N2CC(=O)NNC(=O)C(=O)NC1CC1. The van der Waals surface area contributed by atoms with Crippen LogP contribution < -0.4 is 21.1 Å². The topological polar surface area (TPSA) is 128 Å². The van der Waals surface area contributed by atoms with Crippen molar-refractivity contribution in [3.05, 3.63) is 29.8 Å². The predicted octanol–water partition coefficient (Wildman–Crippen LogP) is -0.589. The van der Waals surface area contributed by atoms with E-state index in [1.165, 1.54) is 4.90 Å². The number of anilines is 1. The zero-order chi connectivity index (χ0) is 20.8. The lowest BCUT2D eigenvalue weighted by molar-refractivity contribution is -0.141. The van der Waals surface area contributed by atoms with Gasteiger partial charge in [0.1, 0.15) is 12.2 Å². The number of amides is 5. The van der Waals surface area contributed by atoms with Gasteiger partial charge in [-0.05, 0) is 38.3 Å². The Labute approximate surface area is 166 Å². The van der Waals surface area contributed by atoms with E-state index in [2.05, 4.69) is 16.2 Å². The number of hydrogen-bond donors (Lipinski definition) is 3. The minimum absolute atomic E-state index is 0.0147. The summed E-state index contributed by atoms with van der Waals surface area (Å²) in [7, 11) is 0. The molecule has 1 unspecified atom stereocenters. The van der Waals surface area contributed by atoms with E-state index in [-0.39, 0.29) is 30.8 Å². The molecule has 0 spiro atoms. The second-order valence-corrected chi connectivity index (χ2v) is 7.60. The van der Waals surface area contributed by atoms with Crippen molar-refractivity contribution in [1.82, 2.24) is 21.1 Å². The highest BCUT2D eigenvalue weighted by atomic mass is 16.2. The van der Waals surface area contributed by atoms with Gasteiger partial charge in [-0.25, -0.2) is 0 Å². The highest BCUT2D eigenvalue weighted by Gasteiger charge is 2.53. The van der Waals surface area contributed by atoms with Crippen molar-refractivity contribution < 1.29 is 24.0 Å². The van der Waals surface area contributed by atoms with E-state index in [0.717, 1.165) is 12.8 Å². The van der Waals surface area contributed by atoms with Crippen molar-refractivity contribution in [2.75, 3.05) is 11.4 Å². The van der Waals surface area contributed by atoms with E-state index in [4.69, 9.17) is 0 Å². The molecule has 1 aromatic rings. The quantitative estimate of drug-likeness (QED) is 0.462. The van der Waals surface area contributed by atoms with Crippen LogP contribution in [-0.2, 0) is 19.2 Å². The van der Waals surface area contributed by atoms with Crippen LogP contribution in [0.5, 0.6) is 0 Å². The van der Waals surface area contributed by atoms with Gasteiger partial charge >= 0.3 is 11.8 Å². The van der Waals surface area contributed by atoms with E-state index in [9.17, 15) is 24.0 Å². The Hall–Kier alpha value is -3.43. The van der Waals surface area contributed by atoms with Crippen LogP contribution in [-0.4, -0.2) is 52.7 Å². The van der Waals surface area contributed by atoms with Gasteiger partial charge in [-0.1, -0.05) is 12.1 Å². The Balaban J connectivity index is 1.47. The maximum atomic E-state index is 13.0. The molecule has 1 saturated heterocycles. The first-order valence-corrected chi connectivity index (χ1v) is 9.45. The van der Waals surface area contributed by atoms with Crippen molar-refractivity contribution >= 4 is 35.2 Å². The number of benzene rings is 1. The highest BCUT2D eigenvalue weighted by molar-refractivity contribution is 6.35. The van der Waals surface area contributed by atoms with Crippen molar-refractivity contribution in [1.29, 1.82) is 0 Å². The Morgan fingerprint density at radius 3 is 2.55 bits per heavy atom. The lowest BCUT2D eigenvalue weighted by atomic mass is 9.98. The van der Waals surface area contributed by atoms with E-state index in [1.807, 2.05) is 0 Å². The molecular formula is C19H21N5O5.